The molecular weight excluding hydrogens is 402 g/mol. The molecule has 1 amide bonds. The Morgan fingerprint density at radius 3 is 2.66 bits per heavy atom. The average molecular weight is 434 g/mol. The van der Waals surface area contributed by atoms with E-state index in [1.165, 1.54) is 0 Å². The summed E-state index contributed by atoms with van der Waals surface area (Å²) in [6.45, 7) is 7.43. The molecule has 0 radical (unpaired) electrons. The number of aromatic nitrogens is 2. The maximum absolute atomic E-state index is 12.5. The van der Waals surface area contributed by atoms with Crippen molar-refractivity contribution in [1.82, 2.24) is 15.1 Å². The van der Waals surface area contributed by atoms with Gasteiger partial charge in [-0.25, -0.2) is 4.68 Å². The predicted octanol–water partition coefficient (Wildman–Crippen LogP) is 4.82. The van der Waals surface area contributed by atoms with E-state index < -0.39 is 0 Å². The Balaban J connectivity index is 1.56. The SMILES string of the molecule is Cc1cccc(Oc2c(CCC(=O)NCC3CCCO3)c(C)nn2-c2cccc(C)c2)c1. The van der Waals surface area contributed by atoms with Crippen molar-refractivity contribution in [2.75, 3.05) is 13.2 Å². The standard InChI is InChI=1S/C26H31N3O3/c1-18-7-4-9-21(15-18)29-26(32-22-10-5-8-19(2)16-22)24(20(3)28-29)12-13-25(30)27-17-23-11-6-14-31-23/h4-5,7-10,15-16,23H,6,11-14,17H2,1-3H3,(H,27,30). The number of carbonyl (C=O) groups is 1. The smallest absolute Gasteiger partial charge is 0.226 e. The second kappa shape index (κ2) is 10.0. The molecule has 1 aliphatic rings. The van der Waals surface area contributed by atoms with E-state index in [0.717, 1.165) is 53.3 Å². The molecule has 1 saturated heterocycles. The highest BCUT2D eigenvalue weighted by Gasteiger charge is 2.21. The molecule has 0 spiro atoms. The summed E-state index contributed by atoms with van der Waals surface area (Å²) in [4.78, 5) is 12.5. The zero-order valence-corrected chi connectivity index (χ0v) is 19.1. The number of carbonyl (C=O) groups excluding carboxylic acids is 1. The van der Waals surface area contributed by atoms with Gasteiger partial charge >= 0.3 is 0 Å². The molecule has 1 atom stereocenters. The fourth-order valence-electron chi connectivity index (χ4n) is 4.02. The van der Waals surface area contributed by atoms with E-state index in [4.69, 9.17) is 14.6 Å². The lowest BCUT2D eigenvalue weighted by Gasteiger charge is -2.13. The van der Waals surface area contributed by atoms with Crippen LogP contribution in [0.5, 0.6) is 11.6 Å². The van der Waals surface area contributed by atoms with Gasteiger partial charge in [0.15, 0.2) is 0 Å². The van der Waals surface area contributed by atoms with Crippen LogP contribution in [0, 0.1) is 20.8 Å². The number of nitrogens with zero attached hydrogens (tertiary/aromatic N) is 2. The van der Waals surface area contributed by atoms with Gasteiger partial charge in [0.05, 0.1) is 17.5 Å². The molecule has 0 bridgehead atoms. The van der Waals surface area contributed by atoms with Gasteiger partial charge < -0.3 is 14.8 Å². The third-order valence-corrected chi connectivity index (χ3v) is 5.74. The molecule has 4 rings (SSSR count). The van der Waals surface area contributed by atoms with E-state index >= 15 is 0 Å². The van der Waals surface area contributed by atoms with E-state index in [-0.39, 0.29) is 12.0 Å². The number of aryl methyl sites for hydroxylation is 3. The Hall–Kier alpha value is -3.12. The minimum Gasteiger partial charge on any atom is -0.439 e. The van der Waals surface area contributed by atoms with Crippen molar-refractivity contribution in [2.24, 2.45) is 0 Å². The number of ether oxygens (including phenoxy) is 2. The van der Waals surface area contributed by atoms with Gasteiger partial charge in [0.25, 0.3) is 0 Å². The summed E-state index contributed by atoms with van der Waals surface area (Å²) in [5.41, 5.74) is 5.01. The predicted molar refractivity (Wildman–Crippen MR) is 125 cm³/mol. The molecule has 2 heterocycles. The highest BCUT2D eigenvalue weighted by atomic mass is 16.5. The maximum atomic E-state index is 12.5. The minimum atomic E-state index is 0.0183. The lowest BCUT2D eigenvalue weighted by molar-refractivity contribution is -0.121. The molecule has 3 aromatic rings. The van der Waals surface area contributed by atoms with Crippen molar-refractivity contribution in [3.05, 3.63) is 70.9 Å². The average Bonchev–Trinajstić information content (AvgIpc) is 3.39. The molecule has 1 N–H and O–H groups in total. The summed E-state index contributed by atoms with van der Waals surface area (Å²) in [5, 5.41) is 7.77. The maximum Gasteiger partial charge on any atom is 0.226 e. The van der Waals surface area contributed by atoms with Gasteiger partial charge in [0.1, 0.15) is 5.75 Å². The molecule has 168 valence electrons. The summed E-state index contributed by atoms with van der Waals surface area (Å²) >= 11 is 0. The molecule has 2 aromatic carbocycles. The molecule has 6 nitrogen and oxygen atoms in total. The summed E-state index contributed by atoms with van der Waals surface area (Å²) < 4.78 is 13.8. The number of rotatable bonds is 8. The molecule has 32 heavy (non-hydrogen) atoms. The van der Waals surface area contributed by atoms with Crippen molar-refractivity contribution >= 4 is 5.91 Å². The van der Waals surface area contributed by atoms with Gasteiger partial charge in [-0.15, -0.1) is 0 Å². The van der Waals surface area contributed by atoms with E-state index in [9.17, 15) is 4.79 Å². The topological polar surface area (TPSA) is 65.4 Å². The molecule has 6 heteroatoms. The van der Waals surface area contributed by atoms with E-state index in [0.29, 0.717) is 25.3 Å². The fourth-order valence-corrected chi connectivity index (χ4v) is 4.02. The van der Waals surface area contributed by atoms with Gasteiger partial charge in [0.2, 0.25) is 11.8 Å². The second-order valence-corrected chi connectivity index (χ2v) is 8.48. The number of amides is 1. The van der Waals surface area contributed by atoms with Crippen LogP contribution < -0.4 is 10.1 Å². The van der Waals surface area contributed by atoms with Crippen LogP contribution in [0.1, 0.15) is 41.6 Å². The first-order chi connectivity index (χ1) is 15.5. The van der Waals surface area contributed by atoms with E-state index in [2.05, 4.69) is 24.4 Å². The zero-order chi connectivity index (χ0) is 22.5. The summed E-state index contributed by atoms with van der Waals surface area (Å²) in [6, 6.07) is 16.1. The van der Waals surface area contributed by atoms with Crippen LogP contribution in [0.15, 0.2) is 48.5 Å². The Morgan fingerprint density at radius 1 is 1.16 bits per heavy atom. The van der Waals surface area contributed by atoms with Crippen LogP contribution in [0.25, 0.3) is 5.69 Å². The number of hydrogen-bond donors (Lipinski definition) is 1. The monoisotopic (exact) mass is 433 g/mol. The van der Waals surface area contributed by atoms with Crippen LogP contribution in [-0.2, 0) is 16.0 Å². The summed E-state index contributed by atoms with van der Waals surface area (Å²) in [6.07, 6.45) is 3.15. The van der Waals surface area contributed by atoms with E-state index in [1.54, 1.807) is 0 Å². The van der Waals surface area contributed by atoms with Gasteiger partial charge in [-0.2, -0.15) is 5.10 Å². The number of benzene rings is 2. The van der Waals surface area contributed by atoms with Crippen molar-refractivity contribution < 1.29 is 14.3 Å². The first-order valence-corrected chi connectivity index (χ1v) is 11.3. The molecular formula is C26H31N3O3. The molecule has 1 aromatic heterocycles. The number of hydrogen-bond acceptors (Lipinski definition) is 4. The van der Waals surface area contributed by atoms with Gasteiger partial charge in [-0.05, 0) is 75.4 Å². The Labute approximate surface area is 189 Å². The quantitative estimate of drug-likeness (QED) is 0.553. The minimum absolute atomic E-state index is 0.0183. The van der Waals surface area contributed by atoms with Crippen LogP contribution >= 0.6 is 0 Å². The number of nitrogens with one attached hydrogen (secondary N) is 1. The van der Waals surface area contributed by atoms with Crippen LogP contribution in [0.2, 0.25) is 0 Å². The van der Waals surface area contributed by atoms with Crippen LogP contribution in [0.3, 0.4) is 0 Å². The zero-order valence-electron chi connectivity index (χ0n) is 19.1. The highest BCUT2D eigenvalue weighted by Crippen LogP contribution is 2.32. The van der Waals surface area contributed by atoms with Crippen molar-refractivity contribution in [3.8, 4) is 17.3 Å². The van der Waals surface area contributed by atoms with Gasteiger partial charge in [-0.1, -0.05) is 24.3 Å². The third-order valence-electron chi connectivity index (χ3n) is 5.74. The molecule has 0 saturated carbocycles. The lowest BCUT2D eigenvalue weighted by atomic mass is 10.1. The molecule has 1 aliphatic heterocycles. The van der Waals surface area contributed by atoms with Gasteiger partial charge in [-0.3, -0.25) is 4.79 Å². The first-order valence-electron chi connectivity index (χ1n) is 11.3. The Bertz CT molecular complexity index is 1080. The Kier molecular flexibility index (Phi) is 6.90. The van der Waals surface area contributed by atoms with Crippen molar-refractivity contribution in [3.63, 3.8) is 0 Å². The largest absolute Gasteiger partial charge is 0.439 e. The first kappa shape index (κ1) is 22.1. The molecule has 0 aliphatic carbocycles. The highest BCUT2D eigenvalue weighted by molar-refractivity contribution is 5.76. The fraction of sp³-hybridized carbons (Fsp3) is 0.385. The van der Waals surface area contributed by atoms with Crippen molar-refractivity contribution in [1.29, 1.82) is 0 Å². The summed E-state index contributed by atoms with van der Waals surface area (Å²) in [7, 11) is 0. The Morgan fingerprint density at radius 2 is 1.94 bits per heavy atom. The van der Waals surface area contributed by atoms with Crippen LogP contribution in [-0.4, -0.2) is 34.9 Å². The molecule has 1 unspecified atom stereocenters. The van der Waals surface area contributed by atoms with Gasteiger partial charge in [0, 0.05) is 25.1 Å². The van der Waals surface area contributed by atoms with Crippen molar-refractivity contribution in [2.45, 2.75) is 52.6 Å². The summed E-state index contributed by atoms with van der Waals surface area (Å²) in [5.74, 6) is 1.43. The lowest BCUT2D eigenvalue weighted by Crippen LogP contribution is -2.31. The van der Waals surface area contributed by atoms with E-state index in [1.807, 2.05) is 54.9 Å². The third kappa shape index (κ3) is 5.37. The normalized spacial score (nSPS) is 15.7. The second-order valence-electron chi connectivity index (χ2n) is 8.48. The molecule has 1 fully saturated rings. The van der Waals surface area contributed by atoms with Crippen LogP contribution in [0.4, 0.5) is 0 Å².